The van der Waals surface area contributed by atoms with E-state index in [-0.39, 0.29) is 0 Å². The normalized spacial score (nSPS) is 15.5. The number of rotatable bonds is 0. The first-order valence-corrected chi connectivity index (χ1v) is 7.44. The van der Waals surface area contributed by atoms with Gasteiger partial charge in [-0.15, -0.1) is 0 Å². The number of anilines is 2. The van der Waals surface area contributed by atoms with Gasteiger partial charge in [0, 0.05) is 28.8 Å². The zero-order valence-corrected chi connectivity index (χ0v) is 11.9. The van der Waals surface area contributed by atoms with Crippen LogP contribution in [0.5, 0.6) is 0 Å². The van der Waals surface area contributed by atoms with Gasteiger partial charge in [-0.2, -0.15) is 0 Å². The molecule has 106 valence electrons. The molecule has 2 N–H and O–H groups in total. The van der Waals surface area contributed by atoms with Gasteiger partial charge in [0.05, 0.1) is 17.1 Å². The van der Waals surface area contributed by atoms with Crippen molar-refractivity contribution in [1.82, 2.24) is 0 Å². The summed E-state index contributed by atoms with van der Waals surface area (Å²) in [6, 6.07) is 16.4. The number of para-hydroxylation sites is 3. The van der Waals surface area contributed by atoms with Gasteiger partial charge in [0.15, 0.2) is 0 Å². The van der Waals surface area contributed by atoms with Crippen LogP contribution in [0.15, 0.2) is 64.3 Å². The van der Waals surface area contributed by atoms with E-state index >= 15 is 0 Å². The Hall–Kier alpha value is -2.94. The minimum Gasteiger partial charge on any atom is -0.456 e. The van der Waals surface area contributed by atoms with E-state index in [1.807, 2.05) is 24.3 Å². The summed E-state index contributed by atoms with van der Waals surface area (Å²) < 4.78 is 6.02. The molecule has 3 aromatic rings. The van der Waals surface area contributed by atoms with E-state index < -0.39 is 0 Å². The molecule has 0 saturated carbocycles. The molecule has 0 radical (unpaired) electrons. The minimum atomic E-state index is 0.851. The van der Waals surface area contributed by atoms with Crippen molar-refractivity contribution in [3.8, 4) is 0 Å². The number of benzene rings is 2. The zero-order chi connectivity index (χ0) is 14.5. The third kappa shape index (κ3) is 1.62. The molecule has 2 aliphatic rings. The first kappa shape index (κ1) is 11.7. The zero-order valence-electron chi connectivity index (χ0n) is 11.9. The molecule has 22 heavy (non-hydrogen) atoms. The van der Waals surface area contributed by atoms with Crippen molar-refractivity contribution < 1.29 is 4.42 Å². The Bertz CT molecular complexity index is 1060. The molecule has 5 rings (SSSR count). The average Bonchev–Trinajstić information content (AvgIpc) is 2.80. The van der Waals surface area contributed by atoms with Crippen LogP contribution in [-0.2, 0) is 0 Å². The third-order valence-electron chi connectivity index (χ3n) is 4.26. The van der Waals surface area contributed by atoms with E-state index in [0.717, 1.165) is 34.5 Å². The van der Waals surface area contributed by atoms with Gasteiger partial charge in [-0.1, -0.05) is 36.4 Å². The summed E-state index contributed by atoms with van der Waals surface area (Å²) in [6.45, 7) is 0. The summed E-state index contributed by atoms with van der Waals surface area (Å²) in [5.41, 5.74) is 6.32. The Kier molecular flexibility index (Phi) is 2.27. The third-order valence-corrected chi connectivity index (χ3v) is 4.26. The van der Waals surface area contributed by atoms with Crippen molar-refractivity contribution in [2.24, 2.45) is 0 Å². The lowest BCUT2D eigenvalue weighted by atomic mass is 10.1. The molecule has 0 unspecified atom stereocenters. The second-order valence-electron chi connectivity index (χ2n) is 5.62. The maximum absolute atomic E-state index is 6.02. The number of allylic oxidation sites excluding steroid dienone is 2. The fourth-order valence-corrected chi connectivity index (χ4v) is 3.17. The fraction of sp³-hybridized carbons (Fsp3) is 0.0526. The molecule has 1 aromatic heterocycles. The van der Waals surface area contributed by atoms with Crippen LogP contribution in [0.25, 0.3) is 23.1 Å². The number of nitrogens with one attached hydrogen (secondary N) is 2. The SMILES string of the molecule is C1=c2oc3ccccc3c2=CCC2=C1Nc1ccccc1N2. The summed E-state index contributed by atoms with van der Waals surface area (Å²) >= 11 is 0. The number of hydrogen-bond donors (Lipinski definition) is 2. The van der Waals surface area contributed by atoms with Gasteiger partial charge in [0.2, 0.25) is 0 Å². The van der Waals surface area contributed by atoms with Gasteiger partial charge in [0.1, 0.15) is 11.0 Å². The molecule has 3 heteroatoms. The summed E-state index contributed by atoms with van der Waals surface area (Å²) in [5.74, 6) is 0. The quantitative estimate of drug-likeness (QED) is 0.666. The van der Waals surface area contributed by atoms with Crippen LogP contribution < -0.4 is 21.3 Å². The molecular formula is C19H14N2O. The summed E-state index contributed by atoms with van der Waals surface area (Å²) in [4.78, 5) is 0. The predicted molar refractivity (Wildman–Crippen MR) is 89.7 cm³/mol. The highest BCUT2D eigenvalue weighted by atomic mass is 16.3. The first-order chi connectivity index (χ1) is 10.9. The Labute approximate surface area is 127 Å². The van der Waals surface area contributed by atoms with Crippen LogP contribution in [0.1, 0.15) is 6.42 Å². The summed E-state index contributed by atoms with van der Waals surface area (Å²) in [6.07, 6.45) is 5.18. The van der Waals surface area contributed by atoms with Crippen LogP contribution in [-0.4, -0.2) is 0 Å². The maximum Gasteiger partial charge on any atom is 0.137 e. The molecule has 1 aliphatic carbocycles. The fourth-order valence-electron chi connectivity index (χ4n) is 3.17. The van der Waals surface area contributed by atoms with Crippen LogP contribution in [0, 0.1) is 0 Å². The smallest absolute Gasteiger partial charge is 0.137 e. The van der Waals surface area contributed by atoms with Crippen molar-refractivity contribution in [2.75, 3.05) is 10.6 Å². The van der Waals surface area contributed by atoms with Crippen molar-refractivity contribution in [3.05, 3.63) is 70.6 Å². The Morgan fingerprint density at radius 1 is 0.864 bits per heavy atom. The molecule has 1 aliphatic heterocycles. The largest absolute Gasteiger partial charge is 0.456 e. The van der Waals surface area contributed by atoms with Crippen molar-refractivity contribution in [2.45, 2.75) is 6.42 Å². The van der Waals surface area contributed by atoms with Crippen LogP contribution in [0.4, 0.5) is 11.4 Å². The Balaban J connectivity index is 1.72. The Morgan fingerprint density at radius 2 is 1.64 bits per heavy atom. The first-order valence-electron chi connectivity index (χ1n) is 7.44. The van der Waals surface area contributed by atoms with Gasteiger partial charge < -0.3 is 15.1 Å². The molecule has 2 heterocycles. The van der Waals surface area contributed by atoms with E-state index in [9.17, 15) is 0 Å². The van der Waals surface area contributed by atoms with Crippen LogP contribution in [0.3, 0.4) is 0 Å². The monoisotopic (exact) mass is 286 g/mol. The highest BCUT2D eigenvalue weighted by Crippen LogP contribution is 2.31. The Morgan fingerprint density at radius 3 is 2.55 bits per heavy atom. The van der Waals surface area contributed by atoms with Gasteiger partial charge in [-0.3, -0.25) is 0 Å². The number of hydrogen-bond acceptors (Lipinski definition) is 3. The summed E-state index contributed by atoms with van der Waals surface area (Å²) in [5, 5.41) is 9.38. The van der Waals surface area contributed by atoms with Gasteiger partial charge in [0.25, 0.3) is 0 Å². The van der Waals surface area contributed by atoms with E-state index in [1.165, 1.54) is 16.3 Å². The molecule has 0 spiro atoms. The van der Waals surface area contributed by atoms with E-state index in [2.05, 4.69) is 47.1 Å². The lowest BCUT2D eigenvalue weighted by Crippen LogP contribution is -2.20. The molecular weight excluding hydrogens is 272 g/mol. The summed E-state index contributed by atoms with van der Waals surface area (Å²) in [7, 11) is 0. The number of furan rings is 1. The minimum absolute atomic E-state index is 0.851. The molecule has 3 nitrogen and oxygen atoms in total. The van der Waals surface area contributed by atoms with Crippen LogP contribution >= 0.6 is 0 Å². The van der Waals surface area contributed by atoms with E-state index in [4.69, 9.17) is 4.42 Å². The van der Waals surface area contributed by atoms with Crippen LogP contribution in [0.2, 0.25) is 0 Å². The molecule has 0 amide bonds. The van der Waals surface area contributed by atoms with E-state index in [0.29, 0.717) is 0 Å². The molecule has 0 atom stereocenters. The second kappa shape index (κ2) is 4.28. The van der Waals surface area contributed by atoms with Crippen molar-refractivity contribution in [3.63, 3.8) is 0 Å². The molecule has 2 aromatic carbocycles. The van der Waals surface area contributed by atoms with Gasteiger partial charge in [-0.25, -0.2) is 0 Å². The number of fused-ring (bicyclic) bond motifs is 4. The van der Waals surface area contributed by atoms with Gasteiger partial charge in [-0.05, 0) is 18.2 Å². The lowest BCUT2D eigenvalue weighted by molar-refractivity contribution is 0.575. The van der Waals surface area contributed by atoms with Crippen molar-refractivity contribution >= 4 is 34.5 Å². The lowest BCUT2D eigenvalue weighted by Gasteiger charge is -2.23. The highest BCUT2D eigenvalue weighted by Gasteiger charge is 2.17. The molecule has 0 saturated heterocycles. The maximum atomic E-state index is 6.02. The second-order valence-corrected chi connectivity index (χ2v) is 5.62. The standard InChI is InChI=1S/C19H14N2O/c1-4-8-18-12(5-1)13-9-10-16-17(11-19(13)22-18)21-15-7-3-2-6-14(15)20-16/h1-9,11,20-21H,10H2. The topological polar surface area (TPSA) is 37.2 Å². The highest BCUT2D eigenvalue weighted by molar-refractivity contribution is 5.83. The molecule has 0 bridgehead atoms. The van der Waals surface area contributed by atoms with Crippen molar-refractivity contribution in [1.29, 1.82) is 0 Å². The van der Waals surface area contributed by atoms with E-state index in [1.54, 1.807) is 0 Å². The molecule has 0 fully saturated rings. The van der Waals surface area contributed by atoms with Gasteiger partial charge >= 0.3 is 0 Å². The average molecular weight is 286 g/mol. The predicted octanol–water partition coefficient (Wildman–Crippen LogP) is 3.15.